The third-order valence-electron chi connectivity index (χ3n) is 6.39. The van der Waals surface area contributed by atoms with Gasteiger partial charge in [0.2, 0.25) is 11.8 Å². The molecule has 0 aliphatic carbocycles. The Balaban J connectivity index is 1.36. The summed E-state index contributed by atoms with van der Waals surface area (Å²) < 4.78 is 0. The topological polar surface area (TPSA) is 102 Å². The molecular weight excluding hydrogens is 374 g/mol. The Morgan fingerprint density at radius 1 is 1.07 bits per heavy atom. The van der Waals surface area contributed by atoms with E-state index < -0.39 is 11.6 Å². The summed E-state index contributed by atoms with van der Waals surface area (Å²) in [5, 5.41) is 4.85. The number of likely N-dealkylation sites (tertiary alicyclic amines) is 1. The summed E-state index contributed by atoms with van der Waals surface area (Å²) in [7, 11) is 0. The van der Waals surface area contributed by atoms with Gasteiger partial charge in [-0.25, -0.2) is 4.79 Å². The van der Waals surface area contributed by atoms with Gasteiger partial charge in [-0.05, 0) is 46.0 Å². The van der Waals surface area contributed by atoms with Gasteiger partial charge in [0.15, 0.2) is 0 Å². The lowest BCUT2D eigenvalue weighted by molar-refractivity contribution is -0.137. The van der Waals surface area contributed by atoms with Crippen molar-refractivity contribution in [3.8, 4) is 0 Å². The zero-order valence-corrected chi connectivity index (χ0v) is 17.5. The number of nitrogens with zero attached hydrogens (tertiary/aromatic N) is 3. The van der Waals surface area contributed by atoms with Crippen molar-refractivity contribution in [3.63, 3.8) is 0 Å². The number of piperidine rings is 1. The second-order valence-corrected chi connectivity index (χ2v) is 8.68. The monoisotopic (exact) mass is 407 g/mol. The number of hydrogen-bond acceptors (Lipinski definition) is 5. The molecule has 2 N–H and O–H groups in total. The van der Waals surface area contributed by atoms with Crippen LogP contribution in [-0.4, -0.2) is 89.3 Å². The van der Waals surface area contributed by atoms with E-state index in [9.17, 15) is 19.2 Å². The summed E-state index contributed by atoms with van der Waals surface area (Å²) in [6, 6.07) is -0.152. The molecule has 162 valence electrons. The van der Waals surface area contributed by atoms with Crippen molar-refractivity contribution in [3.05, 3.63) is 0 Å². The molecule has 0 bridgehead atoms. The molecule has 3 heterocycles. The Morgan fingerprint density at radius 3 is 2.41 bits per heavy atom. The molecule has 2 atom stereocenters. The van der Waals surface area contributed by atoms with E-state index in [0.717, 1.165) is 19.4 Å². The summed E-state index contributed by atoms with van der Waals surface area (Å²) in [5.74, 6) is -0.0766. The molecule has 3 saturated heterocycles. The average Bonchev–Trinajstić information content (AvgIpc) is 2.94. The molecule has 29 heavy (non-hydrogen) atoms. The predicted molar refractivity (Wildman–Crippen MR) is 107 cm³/mol. The van der Waals surface area contributed by atoms with Crippen LogP contribution in [0, 0.1) is 0 Å². The Kier molecular flexibility index (Phi) is 6.77. The summed E-state index contributed by atoms with van der Waals surface area (Å²) in [6.07, 6.45) is 4.68. The van der Waals surface area contributed by atoms with Gasteiger partial charge in [0.25, 0.3) is 5.91 Å². The molecule has 0 aromatic carbocycles. The minimum atomic E-state index is -0.929. The second-order valence-electron chi connectivity index (χ2n) is 8.68. The van der Waals surface area contributed by atoms with E-state index in [1.54, 1.807) is 6.92 Å². The van der Waals surface area contributed by atoms with Gasteiger partial charge in [-0.1, -0.05) is 0 Å². The van der Waals surface area contributed by atoms with Gasteiger partial charge in [-0.3, -0.25) is 24.6 Å². The first-order valence-corrected chi connectivity index (χ1v) is 10.7. The van der Waals surface area contributed by atoms with Crippen LogP contribution in [0.5, 0.6) is 0 Å². The molecule has 9 nitrogen and oxygen atoms in total. The molecule has 3 aliphatic rings. The minimum absolute atomic E-state index is 0.0639. The Morgan fingerprint density at radius 2 is 1.79 bits per heavy atom. The maximum absolute atomic E-state index is 12.6. The largest absolute Gasteiger partial charge is 0.340 e. The third-order valence-corrected chi connectivity index (χ3v) is 6.39. The molecular formula is C20H33N5O4. The smallest absolute Gasteiger partial charge is 0.322 e. The molecule has 3 rings (SSSR count). The molecule has 3 fully saturated rings. The Hall–Kier alpha value is -2.16. The highest BCUT2D eigenvalue weighted by atomic mass is 16.2. The summed E-state index contributed by atoms with van der Waals surface area (Å²) in [5.41, 5.74) is -0.929. The molecule has 3 aliphatic heterocycles. The molecule has 0 aromatic heterocycles. The van der Waals surface area contributed by atoms with Crippen molar-refractivity contribution < 1.29 is 19.2 Å². The fraction of sp³-hybridized carbons (Fsp3) is 0.800. The number of carbonyl (C=O) groups is 4. The SMILES string of the molecule is C[C@@H]1CCCCN1C(=O)CN1CCN(C(=O)CCC[C@@]2(C)NC(=O)NC2=O)CC1. The van der Waals surface area contributed by atoms with Crippen molar-refractivity contribution in [1.82, 2.24) is 25.3 Å². The minimum Gasteiger partial charge on any atom is -0.340 e. The molecule has 0 aromatic rings. The lowest BCUT2D eigenvalue weighted by Crippen LogP contribution is -2.53. The standard InChI is InChI=1S/C20H33N5O4/c1-15-6-3-4-9-25(15)17(27)14-23-10-12-24(13-11-23)16(26)7-5-8-20(2)18(28)21-19(29)22-20/h15H,3-14H2,1-2H3,(H2,21,22,28,29)/t15-,20-/m1/s1. The number of amides is 5. The van der Waals surface area contributed by atoms with E-state index in [2.05, 4.69) is 22.5 Å². The fourth-order valence-corrected chi connectivity index (χ4v) is 4.41. The van der Waals surface area contributed by atoms with Crippen LogP contribution >= 0.6 is 0 Å². The molecule has 0 unspecified atom stereocenters. The average molecular weight is 408 g/mol. The van der Waals surface area contributed by atoms with Crippen molar-refractivity contribution in [2.45, 2.75) is 64.0 Å². The van der Waals surface area contributed by atoms with Gasteiger partial charge < -0.3 is 15.1 Å². The van der Waals surface area contributed by atoms with E-state index in [1.807, 2.05) is 9.80 Å². The van der Waals surface area contributed by atoms with Gasteiger partial charge in [-0.15, -0.1) is 0 Å². The summed E-state index contributed by atoms with van der Waals surface area (Å²) >= 11 is 0. The van der Waals surface area contributed by atoms with Gasteiger partial charge in [0.1, 0.15) is 5.54 Å². The Labute approximate surface area is 172 Å². The quantitative estimate of drug-likeness (QED) is 0.617. The number of rotatable bonds is 6. The summed E-state index contributed by atoms with van der Waals surface area (Å²) in [6.45, 7) is 7.73. The van der Waals surface area contributed by atoms with Gasteiger partial charge in [-0.2, -0.15) is 0 Å². The second kappa shape index (κ2) is 9.11. The lowest BCUT2D eigenvalue weighted by atomic mass is 9.95. The highest BCUT2D eigenvalue weighted by molar-refractivity contribution is 6.06. The van der Waals surface area contributed by atoms with Crippen LogP contribution in [0.15, 0.2) is 0 Å². The van der Waals surface area contributed by atoms with Gasteiger partial charge in [0, 0.05) is 45.2 Å². The van der Waals surface area contributed by atoms with Crippen LogP contribution in [0.4, 0.5) is 4.79 Å². The van der Waals surface area contributed by atoms with E-state index in [1.165, 1.54) is 6.42 Å². The normalized spacial score (nSPS) is 28.3. The van der Waals surface area contributed by atoms with Crippen LogP contribution in [0.2, 0.25) is 0 Å². The molecule has 0 saturated carbocycles. The number of nitrogens with one attached hydrogen (secondary N) is 2. The van der Waals surface area contributed by atoms with Crippen LogP contribution in [0.25, 0.3) is 0 Å². The maximum atomic E-state index is 12.6. The van der Waals surface area contributed by atoms with E-state index in [0.29, 0.717) is 58.0 Å². The third kappa shape index (κ3) is 5.26. The molecule has 0 radical (unpaired) electrons. The molecule has 5 amide bonds. The number of carbonyl (C=O) groups excluding carboxylic acids is 4. The number of imide groups is 1. The zero-order valence-electron chi connectivity index (χ0n) is 17.5. The van der Waals surface area contributed by atoms with Crippen molar-refractivity contribution in [2.75, 3.05) is 39.3 Å². The van der Waals surface area contributed by atoms with Crippen LogP contribution in [0.3, 0.4) is 0 Å². The number of urea groups is 1. The van der Waals surface area contributed by atoms with E-state index >= 15 is 0 Å². The van der Waals surface area contributed by atoms with Gasteiger partial charge in [0.05, 0.1) is 6.54 Å². The molecule has 9 heteroatoms. The first kappa shape index (κ1) is 21.5. The predicted octanol–water partition coefficient (Wildman–Crippen LogP) is 0.300. The van der Waals surface area contributed by atoms with Crippen molar-refractivity contribution in [2.24, 2.45) is 0 Å². The molecule has 0 spiro atoms. The van der Waals surface area contributed by atoms with E-state index in [-0.39, 0.29) is 17.7 Å². The van der Waals surface area contributed by atoms with Crippen molar-refractivity contribution >= 4 is 23.8 Å². The summed E-state index contributed by atoms with van der Waals surface area (Å²) in [4.78, 5) is 54.1. The number of piperazine rings is 1. The van der Waals surface area contributed by atoms with Crippen LogP contribution in [0.1, 0.15) is 52.4 Å². The van der Waals surface area contributed by atoms with Crippen LogP contribution < -0.4 is 10.6 Å². The lowest BCUT2D eigenvalue weighted by Gasteiger charge is -2.38. The van der Waals surface area contributed by atoms with E-state index in [4.69, 9.17) is 0 Å². The number of hydrogen-bond donors (Lipinski definition) is 2. The highest BCUT2D eigenvalue weighted by Gasteiger charge is 2.41. The first-order valence-electron chi connectivity index (χ1n) is 10.7. The van der Waals surface area contributed by atoms with Crippen molar-refractivity contribution in [1.29, 1.82) is 0 Å². The Bertz CT molecular complexity index is 661. The first-order chi connectivity index (χ1) is 13.8. The van der Waals surface area contributed by atoms with Gasteiger partial charge >= 0.3 is 6.03 Å². The van der Waals surface area contributed by atoms with Crippen LogP contribution in [-0.2, 0) is 14.4 Å². The maximum Gasteiger partial charge on any atom is 0.322 e. The highest BCUT2D eigenvalue weighted by Crippen LogP contribution is 2.19. The zero-order chi connectivity index (χ0) is 21.0. The fourth-order valence-electron chi connectivity index (χ4n) is 4.41.